The standard InChI is InChI=1S/C22H20N2O3S/c1-15-7-5-6-10-17(15)18-11-20(25)24-22(19(18)12-23)28-14-21(26)27-13-16-8-3-2-4-9-16/h2-10,18H,11,13-14H2,1H3,(H,24,25)/t18-/m1/s1. The Bertz CT molecular complexity index is 948. The van der Waals surface area contributed by atoms with Crippen LogP contribution in [0.4, 0.5) is 0 Å². The van der Waals surface area contributed by atoms with Gasteiger partial charge in [-0.3, -0.25) is 9.59 Å². The van der Waals surface area contributed by atoms with Gasteiger partial charge in [-0.1, -0.05) is 66.4 Å². The Hall–Kier alpha value is -3.04. The van der Waals surface area contributed by atoms with Crippen LogP contribution in [0, 0.1) is 18.3 Å². The van der Waals surface area contributed by atoms with E-state index in [1.165, 1.54) is 0 Å². The van der Waals surface area contributed by atoms with E-state index in [-0.39, 0.29) is 30.6 Å². The first kappa shape index (κ1) is 19.7. The van der Waals surface area contributed by atoms with Crippen molar-refractivity contribution >= 4 is 23.6 Å². The van der Waals surface area contributed by atoms with Gasteiger partial charge in [-0.25, -0.2) is 0 Å². The van der Waals surface area contributed by atoms with E-state index in [0.717, 1.165) is 28.5 Å². The number of thioether (sulfide) groups is 1. The molecule has 1 heterocycles. The summed E-state index contributed by atoms with van der Waals surface area (Å²) in [5, 5.41) is 12.9. The molecule has 0 aromatic heterocycles. The van der Waals surface area contributed by atoms with Gasteiger partial charge < -0.3 is 10.1 Å². The fourth-order valence-electron chi connectivity index (χ4n) is 3.09. The number of rotatable bonds is 6. The summed E-state index contributed by atoms with van der Waals surface area (Å²) in [5.41, 5.74) is 3.37. The first-order chi connectivity index (χ1) is 13.6. The normalized spacial score (nSPS) is 16.3. The zero-order valence-electron chi connectivity index (χ0n) is 15.5. The Kier molecular flexibility index (Phi) is 6.51. The smallest absolute Gasteiger partial charge is 0.316 e. The first-order valence-corrected chi connectivity index (χ1v) is 9.89. The Labute approximate surface area is 168 Å². The number of carbonyl (C=O) groups is 2. The van der Waals surface area contributed by atoms with Crippen LogP contribution in [0.2, 0.25) is 0 Å². The monoisotopic (exact) mass is 392 g/mol. The fourth-order valence-corrected chi connectivity index (χ4v) is 3.96. The van der Waals surface area contributed by atoms with E-state index in [4.69, 9.17) is 4.74 Å². The van der Waals surface area contributed by atoms with Crippen LogP contribution >= 0.6 is 11.8 Å². The summed E-state index contributed by atoms with van der Waals surface area (Å²) in [4.78, 5) is 24.3. The van der Waals surface area contributed by atoms with E-state index >= 15 is 0 Å². The van der Waals surface area contributed by atoms with Crippen LogP contribution in [0.25, 0.3) is 0 Å². The molecule has 1 aliphatic rings. The molecule has 28 heavy (non-hydrogen) atoms. The SMILES string of the molecule is Cc1ccccc1[C@H]1CC(=O)NC(SCC(=O)OCc2ccccc2)=C1C#N. The molecule has 0 bridgehead atoms. The number of esters is 1. The number of aryl methyl sites for hydroxylation is 1. The minimum Gasteiger partial charge on any atom is -0.460 e. The predicted octanol–water partition coefficient (Wildman–Crippen LogP) is 3.81. The van der Waals surface area contributed by atoms with Gasteiger partial charge in [-0.05, 0) is 23.6 Å². The largest absolute Gasteiger partial charge is 0.460 e. The molecule has 1 atom stereocenters. The number of ether oxygens (including phenoxy) is 1. The quantitative estimate of drug-likeness (QED) is 0.756. The molecule has 2 aromatic carbocycles. The van der Waals surface area contributed by atoms with Crippen molar-refractivity contribution in [3.05, 3.63) is 81.9 Å². The summed E-state index contributed by atoms with van der Waals surface area (Å²) in [5.74, 6) is -0.838. The minimum absolute atomic E-state index is 0.0219. The summed E-state index contributed by atoms with van der Waals surface area (Å²) in [6, 6.07) is 19.4. The molecule has 0 saturated carbocycles. The molecular formula is C22H20N2O3S. The molecule has 1 aliphatic heterocycles. The predicted molar refractivity (Wildman–Crippen MR) is 108 cm³/mol. The van der Waals surface area contributed by atoms with Gasteiger partial charge in [0, 0.05) is 12.3 Å². The number of hydrogen-bond donors (Lipinski definition) is 1. The van der Waals surface area contributed by atoms with Gasteiger partial charge in [0.25, 0.3) is 0 Å². The highest BCUT2D eigenvalue weighted by molar-refractivity contribution is 8.03. The van der Waals surface area contributed by atoms with E-state index in [1.54, 1.807) is 0 Å². The van der Waals surface area contributed by atoms with E-state index in [2.05, 4.69) is 11.4 Å². The van der Waals surface area contributed by atoms with Gasteiger partial charge >= 0.3 is 5.97 Å². The van der Waals surface area contributed by atoms with Crippen molar-refractivity contribution in [3.8, 4) is 6.07 Å². The molecule has 5 nitrogen and oxygen atoms in total. The van der Waals surface area contributed by atoms with Crippen LogP contribution in [0.15, 0.2) is 65.2 Å². The number of nitrogens with one attached hydrogen (secondary N) is 1. The number of nitriles is 1. The molecule has 6 heteroatoms. The Balaban J connectivity index is 1.70. The highest BCUT2D eigenvalue weighted by atomic mass is 32.2. The maximum Gasteiger partial charge on any atom is 0.316 e. The van der Waals surface area contributed by atoms with Crippen molar-refractivity contribution in [3.63, 3.8) is 0 Å². The minimum atomic E-state index is -0.397. The number of allylic oxidation sites excluding steroid dienone is 1. The van der Waals surface area contributed by atoms with Crippen LogP contribution in [-0.4, -0.2) is 17.6 Å². The first-order valence-electron chi connectivity index (χ1n) is 8.90. The number of hydrogen-bond acceptors (Lipinski definition) is 5. The van der Waals surface area contributed by atoms with Crippen LogP contribution in [0.3, 0.4) is 0 Å². The molecule has 1 N–H and O–H groups in total. The van der Waals surface area contributed by atoms with Gasteiger partial charge in [-0.15, -0.1) is 0 Å². The van der Waals surface area contributed by atoms with Gasteiger partial charge in [0.2, 0.25) is 5.91 Å². The maximum atomic E-state index is 12.2. The third-order valence-corrected chi connectivity index (χ3v) is 5.49. The van der Waals surface area contributed by atoms with Gasteiger partial charge in [0.15, 0.2) is 0 Å². The maximum absolute atomic E-state index is 12.2. The Morgan fingerprint density at radius 1 is 1.21 bits per heavy atom. The van der Waals surface area contributed by atoms with Gasteiger partial charge in [0.05, 0.1) is 22.4 Å². The average Bonchev–Trinajstić information content (AvgIpc) is 2.71. The van der Waals surface area contributed by atoms with Crippen LogP contribution in [0.1, 0.15) is 29.0 Å². The molecule has 0 aliphatic carbocycles. The van der Waals surface area contributed by atoms with E-state index in [1.807, 2.05) is 61.5 Å². The van der Waals surface area contributed by atoms with Crippen molar-refractivity contribution in [1.82, 2.24) is 5.32 Å². The van der Waals surface area contributed by atoms with Crippen LogP contribution < -0.4 is 5.32 Å². The van der Waals surface area contributed by atoms with E-state index < -0.39 is 5.97 Å². The number of nitrogens with zero attached hydrogens (tertiary/aromatic N) is 1. The Morgan fingerprint density at radius 2 is 1.93 bits per heavy atom. The lowest BCUT2D eigenvalue weighted by Gasteiger charge is -2.26. The molecule has 0 spiro atoms. The summed E-state index contributed by atoms with van der Waals surface area (Å²) in [6.07, 6.45) is 0.219. The van der Waals surface area contributed by atoms with Crippen molar-refractivity contribution in [2.24, 2.45) is 0 Å². The summed E-state index contributed by atoms with van der Waals surface area (Å²) < 4.78 is 5.27. The van der Waals surface area contributed by atoms with E-state index in [9.17, 15) is 14.9 Å². The van der Waals surface area contributed by atoms with Gasteiger partial charge in [-0.2, -0.15) is 5.26 Å². The molecule has 3 rings (SSSR count). The molecule has 142 valence electrons. The average molecular weight is 392 g/mol. The van der Waals surface area contributed by atoms with Crippen molar-refractivity contribution in [2.45, 2.75) is 25.9 Å². The Morgan fingerprint density at radius 3 is 2.64 bits per heavy atom. The molecule has 0 fully saturated rings. The molecule has 1 amide bonds. The number of benzene rings is 2. The third-order valence-electron chi connectivity index (χ3n) is 4.50. The molecule has 0 radical (unpaired) electrons. The lowest BCUT2D eigenvalue weighted by atomic mass is 9.85. The number of amides is 1. The second-order valence-corrected chi connectivity index (χ2v) is 7.44. The molecule has 0 unspecified atom stereocenters. The highest BCUT2D eigenvalue weighted by Gasteiger charge is 2.30. The molecular weight excluding hydrogens is 372 g/mol. The topological polar surface area (TPSA) is 79.2 Å². The summed E-state index contributed by atoms with van der Waals surface area (Å²) >= 11 is 1.13. The summed E-state index contributed by atoms with van der Waals surface area (Å²) in [6.45, 7) is 2.16. The zero-order valence-corrected chi connectivity index (χ0v) is 16.3. The van der Waals surface area contributed by atoms with Crippen LogP contribution in [-0.2, 0) is 20.9 Å². The van der Waals surface area contributed by atoms with Crippen LogP contribution in [0.5, 0.6) is 0 Å². The van der Waals surface area contributed by atoms with Crippen molar-refractivity contribution in [2.75, 3.05) is 5.75 Å². The lowest BCUT2D eigenvalue weighted by molar-refractivity contribution is -0.141. The fraction of sp³-hybridized carbons (Fsp3) is 0.227. The highest BCUT2D eigenvalue weighted by Crippen LogP contribution is 2.37. The third kappa shape index (κ3) is 4.81. The second kappa shape index (κ2) is 9.25. The van der Waals surface area contributed by atoms with Crippen molar-refractivity contribution < 1.29 is 14.3 Å². The lowest BCUT2D eigenvalue weighted by Crippen LogP contribution is -2.31. The number of carbonyl (C=O) groups excluding carboxylic acids is 2. The van der Waals surface area contributed by atoms with E-state index in [0.29, 0.717) is 10.6 Å². The second-order valence-electron chi connectivity index (χ2n) is 6.45. The van der Waals surface area contributed by atoms with Gasteiger partial charge in [0.1, 0.15) is 6.61 Å². The molecule has 0 saturated heterocycles. The van der Waals surface area contributed by atoms with Crippen molar-refractivity contribution in [1.29, 1.82) is 5.26 Å². The summed E-state index contributed by atoms with van der Waals surface area (Å²) in [7, 11) is 0. The molecule has 2 aromatic rings. The zero-order chi connectivity index (χ0) is 19.9.